The lowest BCUT2D eigenvalue weighted by Gasteiger charge is -2.02. The van der Waals surface area contributed by atoms with Crippen molar-refractivity contribution in [1.29, 1.82) is 0 Å². The van der Waals surface area contributed by atoms with Gasteiger partial charge in [-0.15, -0.1) is 0 Å². The van der Waals surface area contributed by atoms with Crippen LogP contribution in [0.2, 0.25) is 5.02 Å². The van der Waals surface area contributed by atoms with Crippen LogP contribution in [0.3, 0.4) is 0 Å². The molecule has 0 amide bonds. The summed E-state index contributed by atoms with van der Waals surface area (Å²) < 4.78 is 13.0. The fourth-order valence-electron chi connectivity index (χ4n) is 1.85. The average molecular weight is 328 g/mol. The monoisotopic (exact) mass is 327 g/mol. The molecular weight excluding hydrogens is 317 g/mol. The number of Topliss-reactive ketones (excluding diaryl/α,β-unsaturated/α-hetero) is 1. The van der Waals surface area contributed by atoms with Gasteiger partial charge in [0.15, 0.2) is 0 Å². The van der Waals surface area contributed by atoms with Crippen molar-refractivity contribution in [2.45, 2.75) is 19.3 Å². The maximum Gasteiger partial charge on any atom is 0.324 e. The molecule has 0 radical (unpaired) electrons. The third-order valence-electron chi connectivity index (χ3n) is 2.90. The summed E-state index contributed by atoms with van der Waals surface area (Å²) in [5.41, 5.74) is 1.43. The molecule has 0 bridgehead atoms. The van der Waals surface area contributed by atoms with Gasteiger partial charge in [-0.05, 0) is 29.7 Å². The van der Waals surface area contributed by atoms with Crippen LogP contribution in [0.4, 0.5) is 9.39 Å². The normalized spacial score (nSPS) is 10.6. The molecule has 0 saturated heterocycles. The molecule has 1 aromatic heterocycles. The van der Waals surface area contributed by atoms with Gasteiger partial charge in [-0.1, -0.05) is 29.0 Å². The maximum atomic E-state index is 13.0. The second-order valence-electron chi connectivity index (χ2n) is 4.51. The zero-order chi connectivity index (χ0) is 15.4. The lowest BCUT2D eigenvalue weighted by molar-refractivity contribution is -0.380. The average Bonchev–Trinajstić information content (AvgIpc) is 2.89. The van der Waals surface area contributed by atoms with Gasteiger partial charge in [0.05, 0.1) is 9.95 Å². The van der Waals surface area contributed by atoms with E-state index < -0.39 is 10.7 Å². The smallest absolute Gasteiger partial charge is 0.299 e. The summed E-state index contributed by atoms with van der Waals surface area (Å²) in [5, 5.41) is 12.2. The Balaban J connectivity index is 1.89. The van der Waals surface area contributed by atoms with Crippen molar-refractivity contribution in [3.8, 4) is 0 Å². The topological polar surface area (TPSA) is 60.2 Å². The van der Waals surface area contributed by atoms with Gasteiger partial charge >= 0.3 is 5.00 Å². The zero-order valence-electron chi connectivity index (χ0n) is 10.8. The molecule has 1 aromatic carbocycles. The van der Waals surface area contributed by atoms with Gasteiger partial charge in [0, 0.05) is 24.3 Å². The van der Waals surface area contributed by atoms with E-state index in [0.29, 0.717) is 12.0 Å². The van der Waals surface area contributed by atoms with Crippen LogP contribution in [0, 0.1) is 15.9 Å². The summed E-state index contributed by atoms with van der Waals surface area (Å²) in [5.74, 6) is -0.513. The van der Waals surface area contributed by atoms with Crippen molar-refractivity contribution >= 4 is 33.7 Å². The molecule has 0 N–H and O–H groups in total. The van der Waals surface area contributed by atoms with Crippen LogP contribution in [0.1, 0.15) is 17.5 Å². The van der Waals surface area contributed by atoms with Crippen LogP contribution in [-0.4, -0.2) is 10.7 Å². The molecule has 1 heterocycles. The SMILES string of the molecule is O=C(CCc1ccc(F)c(Cl)c1)Cc1csc([N+](=O)[O-])c1. The van der Waals surface area contributed by atoms with E-state index in [2.05, 4.69) is 0 Å². The van der Waals surface area contributed by atoms with E-state index in [1.165, 1.54) is 18.2 Å². The van der Waals surface area contributed by atoms with Crippen LogP contribution >= 0.6 is 22.9 Å². The molecule has 110 valence electrons. The number of hydrogen-bond donors (Lipinski definition) is 0. The molecule has 7 heteroatoms. The number of nitrogens with zero attached hydrogens (tertiary/aromatic N) is 1. The van der Waals surface area contributed by atoms with Crippen molar-refractivity contribution in [3.05, 3.63) is 61.7 Å². The Hall–Kier alpha value is -1.79. The van der Waals surface area contributed by atoms with Gasteiger partial charge in [0.1, 0.15) is 11.6 Å². The minimum absolute atomic E-state index is 0.0249. The van der Waals surface area contributed by atoms with E-state index in [9.17, 15) is 19.3 Å². The lowest BCUT2D eigenvalue weighted by atomic mass is 10.0. The number of carbonyl (C=O) groups excluding carboxylic acids is 1. The minimum atomic E-state index is -0.489. The molecule has 0 aliphatic heterocycles. The molecule has 0 spiro atoms. The predicted octanol–water partition coefficient (Wildman–Crippen LogP) is 4.19. The number of aryl methyl sites for hydroxylation is 1. The molecule has 0 unspecified atom stereocenters. The second kappa shape index (κ2) is 6.78. The third kappa shape index (κ3) is 4.34. The second-order valence-corrected chi connectivity index (χ2v) is 5.81. The Morgan fingerprint density at radius 1 is 1.33 bits per heavy atom. The Labute approximate surface area is 129 Å². The molecule has 0 fully saturated rings. The fourth-order valence-corrected chi connectivity index (χ4v) is 2.78. The third-order valence-corrected chi connectivity index (χ3v) is 4.12. The summed E-state index contributed by atoms with van der Waals surface area (Å²) in [4.78, 5) is 21.9. The number of rotatable bonds is 6. The van der Waals surface area contributed by atoms with Gasteiger partial charge in [-0.3, -0.25) is 14.9 Å². The van der Waals surface area contributed by atoms with Crippen molar-refractivity contribution in [3.63, 3.8) is 0 Å². The summed E-state index contributed by atoms with van der Waals surface area (Å²) >= 11 is 6.68. The molecule has 21 heavy (non-hydrogen) atoms. The summed E-state index contributed by atoms with van der Waals surface area (Å²) in [6.07, 6.45) is 0.913. The van der Waals surface area contributed by atoms with Crippen molar-refractivity contribution in [1.82, 2.24) is 0 Å². The highest BCUT2D eigenvalue weighted by molar-refractivity contribution is 7.13. The van der Waals surface area contributed by atoms with Crippen LogP contribution in [0.15, 0.2) is 29.6 Å². The Bertz CT molecular complexity index is 687. The Kier molecular flexibility index (Phi) is 5.03. The Morgan fingerprint density at radius 2 is 2.10 bits per heavy atom. The lowest BCUT2D eigenvalue weighted by Crippen LogP contribution is -2.03. The first-order valence-corrected chi connectivity index (χ1v) is 7.39. The summed E-state index contributed by atoms with van der Waals surface area (Å²) in [6, 6.07) is 5.77. The van der Waals surface area contributed by atoms with Gasteiger partial charge in [0.25, 0.3) is 0 Å². The minimum Gasteiger partial charge on any atom is -0.299 e. The highest BCUT2D eigenvalue weighted by Gasteiger charge is 2.12. The molecule has 0 saturated carbocycles. The van der Waals surface area contributed by atoms with E-state index >= 15 is 0 Å². The van der Waals surface area contributed by atoms with E-state index in [1.807, 2.05) is 0 Å². The molecule has 2 aromatic rings. The van der Waals surface area contributed by atoms with Gasteiger partial charge in [0.2, 0.25) is 0 Å². The van der Waals surface area contributed by atoms with Crippen molar-refractivity contribution in [2.24, 2.45) is 0 Å². The van der Waals surface area contributed by atoms with Crippen LogP contribution in [0.5, 0.6) is 0 Å². The van der Waals surface area contributed by atoms with Gasteiger partial charge < -0.3 is 0 Å². The molecule has 0 aliphatic carbocycles. The maximum absolute atomic E-state index is 13.0. The molecule has 4 nitrogen and oxygen atoms in total. The summed E-state index contributed by atoms with van der Waals surface area (Å²) in [7, 11) is 0. The standard InChI is InChI=1S/C14H11ClFNO3S/c15-12-6-9(2-4-13(12)16)1-3-11(18)5-10-7-14(17(19)20)21-8-10/h2,4,6-8H,1,3,5H2. The van der Waals surface area contributed by atoms with Crippen LogP contribution < -0.4 is 0 Å². The van der Waals surface area contributed by atoms with E-state index in [4.69, 9.17) is 11.6 Å². The van der Waals surface area contributed by atoms with E-state index in [0.717, 1.165) is 16.9 Å². The largest absolute Gasteiger partial charge is 0.324 e. The first-order valence-electron chi connectivity index (χ1n) is 6.13. The number of ketones is 1. The number of nitro groups is 1. The Morgan fingerprint density at radius 3 is 2.71 bits per heavy atom. The number of hydrogen-bond acceptors (Lipinski definition) is 4. The number of carbonyl (C=O) groups is 1. The zero-order valence-corrected chi connectivity index (χ0v) is 12.4. The molecule has 0 aliphatic rings. The van der Waals surface area contributed by atoms with E-state index in [1.54, 1.807) is 11.4 Å². The number of halogens is 2. The van der Waals surface area contributed by atoms with Crippen LogP contribution in [-0.2, 0) is 17.6 Å². The predicted molar refractivity (Wildman–Crippen MR) is 79.4 cm³/mol. The highest BCUT2D eigenvalue weighted by Crippen LogP contribution is 2.23. The quantitative estimate of drug-likeness (QED) is 0.590. The number of benzene rings is 1. The fraction of sp³-hybridized carbons (Fsp3) is 0.214. The molecule has 0 atom stereocenters. The van der Waals surface area contributed by atoms with Gasteiger partial charge in [-0.25, -0.2) is 4.39 Å². The first-order chi connectivity index (χ1) is 9.95. The van der Waals surface area contributed by atoms with Crippen LogP contribution in [0.25, 0.3) is 0 Å². The molecule has 2 rings (SSSR count). The van der Waals surface area contributed by atoms with Crippen molar-refractivity contribution < 1.29 is 14.1 Å². The van der Waals surface area contributed by atoms with Gasteiger partial charge in [-0.2, -0.15) is 0 Å². The summed E-state index contributed by atoms with van der Waals surface area (Å²) in [6.45, 7) is 0. The first kappa shape index (κ1) is 15.6. The van der Waals surface area contributed by atoms with Crippen molar-refractivity contribution in [2.75, 3.05) is 0 Å². The van der Waals surface area contributed by atoms with E-state index in [-0.39, 0.29) is 28.6 Å². The highest BCUT2D eigenvalue weighted by atomic mass is 35.5. The number of thiophene rings is 1. The molecular formula is C14H11ClFNO3S.